The fourth-order valence-electron chi connectivity index (χ4n) is 3.80. The second-order valence-electron chi connectivity index (χ2n) is 8.61. The molecule has 2 N–H and O–H groups in total. The monoisotopic (exact) mass is 408 g/mol. The first kappa shape index (κ1) is 19.8. The Bertz CT molecular complexity index is 1000. The van der Waals surface area contributed by atoms with Crippen LogP contribution in [0, 0.1) is 6.92 Å². The third-order valence-electron chi connectivity index (χ3n) is 5.10. The zero-order valence-corrected chi connectivity index (χ0v) is 18.3. The Morgan fingerprint density at radius 2 is 2.03 bits per heavy atom. The molecule has 4 rings (SSSR count). The van der Waals surface area contributed by atoms with Crippen molar-refractivity contribution in [3.63, 3.8) is 0 Å². The van der Waals surface area contributed by atoms with Gasteiger partial charge in [0.25, 0.3) is 0 Å². The summed E-state index contributed by atoms with van der Waals surface area (Å²) in [6.07, 6.45) is 1.91. The highest BCUT2D eigenvalue weighted by Crippen LogP contribution is 2.35. The van der Waals surface area contributed by atoms with Crippen LogP contribution in [0.1, 0.15) is 51.0 Å². The number of carbonyl (C=O) groups excluding carboxylic acids is 1. The lowest BCUT2D eigenvalue weighted by atomic mass is 10.2. The van der Waals surface area contributed by atoms with E-state index >= 15 is 0 Å². The van der Waals surface area contributed by atoms with Gasteiger partial charge >= 0.3 is 6.03 Å². The molecule has 1 aliphatic heterocycles. The quantitative estimate of drug-likeness (QED) is 0.512. The number of amides is 2. The topological polar surface area (TPSA) is 61.0 Å². The molecule has 2 amide bonds. The number of urea groups is 1. The van der Waals surface area contributed by atoms with E-state index < -0.39 is 0 Å². The molecule has 0 saturated carbocycles. The molecule has 0 spiro atoms. The first-order valence-corrected chi connectivity index (χ1v) is 10.9. The predicted octanol–water partition coefficient (Wildman–Crippen LogP) is 6.13. The Labute approximate surface area is 176 Å². The fourth-order valence-corrected chi connectivity index (χ4v) is 4.88. The van der Waals surface area contributed by atoms with Gasteiger partial charge in [0, 0.05) is 21.9 Å². The molecule has 0 bridgehead atoms. The number of para-hydroxylation sites is 2. The third-order valence-corrected chi connectivity index (χ3v) is 6.20. The van der Waals surface area contributed by atoms with Gasteiger partial charge in [-0.3, -0.25) is 0 Å². The van der Waals surface area contributed by atoms with E-state index in [1.54, 1.807) is 0 Å². The molecule has 1 aromatic heterocycles. The minimum absolute atomic E-state index is 0.0153. The van der Waals surface area contributed by atoms with E-state index in [2.05, 4.69) is 43.2 Å². The average Bonchev–Trinajstić information content (AvgIpc) is 3.28. The number of aromatic nitrogens is 2. The highest BCUT2D eigenvalue weighted by molar-refractivity contribution is 8.00. The van der Waals surface area contributed by atoms with Crippen LogP contribution in [0.4, 0.5) is 10.5 Å². The molecular formula is C23H28N4OS. The van der Waals surface area contributed by atoms with E-state index in [-0.39, 0.29) is 16.8 Å². The lowest BCUT2D eigenvalue weighted by Crippen LogP contribution is -2.35. The molecule has 6 heteroatoms. The van der Waals surface area contributed by atoms with E-state index in [0.717, 1.165) is 47.5 Å². The van der Waals surface area contributed by atoms with Crippen molar-refractivity contribution < 1.29 is 4.79 Å². The number of imidazole rings is 1. The van der Waals surface area contributed by atoms with E-state index in [4.69, 9.17) is 4.98 Å². The SMILES string of the molecule is Cc1cc(SC(C)(C)C)ccc1NC(=O)N1CCCC1c1nc2ccccc2[nH]1. The van der Waals surface area contributed by atoms with Crippen LogP contribution in [0.15, 0.2) is 47.4 Å². The number of nitrogens with zero attached hydrogens (tertiary/aromatic N) is 2. The van der Waals surface area contributed by atoms with Gasteiger partial charge in [-0.25, -0.2) is 9.78 Å². The molecule has 1 unspecified atom stereocenters. The van der Waals surface area contributed by atoms with E-state index in [1.807, 2.05) is 53.9 Å². The van der Waals surface area contributed by atoms with E-state index in [9.17, 15) is 4.79 Å². The predicted molar refractivity (Wildman–Crippen MR) is 121 cm³/mol. The molecular weight excluding hydrogens is 380 g/mol. The summed E-state index contributed by atoms with van der Waals surface area (Å²) in [6.45, 7) is 9.39. The minimum Gasteiger partial charge on any atom is -0.340 e. The number of anilines is 1. The average molecular weight is 409 g/mol. The van der Waals surface area contributed by atoms with Crippen LogP contribution < -0.4 is 5.32 Å². The molecule has 3 aromatic rings. The number of rotatable bonds is 3. The Balaban J connectivity index is 1.50. The lowest BCUT2D eigenvalue weighted by molar-refractivity contribution is 0.205. The summed E-state index contributed by atoms with van der Waals surface area (Å²) >= 11 is 1.83. The standard InChI is InChI=1S/C23H28N4OS/c1-15-14-16(29-23(2,3)4)11-12-17(15)26-22(28)27-13-7-10-20(27)21-24-18-8-5-6-9-19(18)25-21/h5-6,8-9,11-12,14,20H,7,10,13H2,1-4H3,(H,24,25)(H,26,28). The second-order valence-corrected chi connectivity index (χ2v) is 10.5. The highest BCUT2D eigenvalue weighted by Gasteiger charge is 2.32. The molecule has 1 atom stereocenters. The number of thioether (sulfide) groups is 1. The minimum atomic E-state index is -0.0627. The highest BCUT2D eigenvalue weighted by atomic mass is 32.2. The summed E-state index contributed by atoms with van der Waals surface area (Å²) in [5, 5.41) is 3.11. The molecule has 5 nitrogen and oxygen atoms in total. The smallest absolute Gasteiger partial charge is 0.322 e. The van der Waals surface area contributed by atoms with Gasteiger partial charge in [0.15, 0.2) is 0 Å². The Morgan fingerprint density at radius 1 is 1.24 bits per heavy atom. The lowest BCUT2D eigenvalue weighted by Gasteiger charge is -2.24. The largest absolute Gasteiger partial charge is 0.340 e. The molecule has 0 aliphatic carbocycles. The summed E-state index contributed by atoms with van der Waals surface area (Å²) in [5.41, 5.74) is 3.89. The summed E-state index contributed by atoms with van der Waals surface area (Å²) in [6, 6.07) is 14.1. The van der Waals surface area contributed by atoms with E-state index in [1.165, 1.54) is 4.90 Å². The van der Waals surface area contributed by atoms with Crippen molar-refractivity contribution in [1.82, 2.24) is 14.9 Å². The van der Waals surface area contributed by atoms with Crippen LogP contribution in [0.5, 0.6) is 0 Å². The van der Waals surface area contributed by atoms with Crippen LogP contribution in [0.3, 0.4) is 0 Å². The van der Waals surface area contributed by atoms with Crippen LogP contribution in [0.25, 0.3) is 11.0 Å². The van der Waals surface area contributed by atoms with Crippen molar-refractivity contribution in [2.75, 3.05) is 11.9 Å². The number of aromatic amines is 1. The molecule has 1 aliphatic rings. The Kier molecular flexibility index (Phi) is 5.30. The zero-order chi connectivity index (χ0) is 20.6. The summed E-state index contributed by atoms with van der Waals surface area (Å²) in [7, 11) is 0. The van der Waals surface area contributed by atoms with Crippen LogP contribution in [-0.2, 0) is 0 Å². The van der Waals surface area contributed by atoms with Crippen LogP contribution >= 0.6 is 11.8 Å². The maximum atomic E-state index is 13.0. The number of aryl methyl sites for hydroxylation is 1. The number of hydrogen-bond donors (Lipinski definition) is 2. The first-order chi connectivity index (χ1) is 13.8. The van der Waals surface area contributed by atoms with Crippen molar-refractivity contribution in [2.45, 2.75) is 56.2 Å². The van der Waals surface area contributed by atoms with Crippen molar-refractivity contribution in [2.24, 2.45) is 0 Å². The van der Waals surface area contributed by atoms with Gasteiger partial charge < -0.3 is 15.2 Å². The Morgan fingerprint density at radius 3 is 2.76 bits per heavy atom. The third kappa shape index (κ3) is 4.42. The van der Waals surface area contributed by atoms with Crippen molar-refractivity contribution in [1.29, 1.82) is 0 Å². The molecule has 0 radical (unpaired) electrons. The maximum absolute atomic E-state index is 13.0. The molecule has 2 aromatic carbocycles. The van der Waals surface area contributed by atoms with Gasteiger partial charge in [-0.05, 0) is 55.7 Å². The van der Waals surface area contributed by atoms with Crippen molar-refractivity contribution in [3.05, 3.63) is 53.9 Å². The van der Waals surface area contributed by atoms with Crippen LogP contribution in [-0.4, -0.2) is 32.2 Å². The van der Waals surface area contributed by atoms with Gasteiger partial charge in [0.05, 0.1) is 17.1 Å². The number of benzene rings is 2. The van der Waals surface area contributed by atoms with Crippen LogP contribution in [0.2, 0.25) is 0 Å². The van der Waals surface area contributed by atoms with Gasteiger partial charge in [-0.1, -0.05) is 32.9 Å². The van der Waals surface area contributed by atoms with Crippen molar-refractivity contribution in [3.8, 4) is 0 Å². The molecule has 1 fully saturated rings. The number of H-pyrrole nitrogens is 1. The number of fused-ring (bicyclic) bond motifs is 1. The van der Waals surface area contributed by atoms with Gasteiger partial charge in [-0.2, -0.15) is 0 Å². The van der Waals surface area contributed by atoms with E-state index in [0.29, 0.717) is 0 Å². The number of hydrogen-bond acceptors (Lipinski definition) is 3. The first-order valence-electron chi connectivity index (χ1n) is 10.1. The summed E-state index contributed by atoms with van der Waals surface area (Å²) in [5.74, 6) is 0.868. The molecule has 152 valence electrons. The van der Waals surface area contributed by atoms with Gasteiger partial charge in [0.2, 0.25) is 0 Å². The fraction of sp³-hybridized carbons (Fsp3) is 0.391. The maximum Gasteiger partial charge on any atom is 0.322 e. The number of nitrogens with one attached hydrogen (secondary N) is 2. The summed E-state index contributed by atoms with van der Waals surface area (Å²) < 4.78 is 0.159. The van der Waals surface area contributed by atoms with Gasteiger partial charge in [0.1, 0.15) is 5.82 Å². The van der Waals surface area contributed by atoms with Gasteiger partial charge in [-0.15, -0.1) is 11.8 Å². The number of likely N-dealkylation sites (tertiary alicyclic amines) is 1. The zero-order valence-electron chi connectivity index (χ0n) is 17.5. The molecule has 1 saturated heterocycles. The number of carbonyl (C=O) groups is 1. The molecule has 2 heterocycles. The normalized spacial score (nSPS) is 17.1. The second kappa shape index (κ2) is 7.75. The molecule has 29 heavy (non-hydrogen) atoms. The van der Waals surface area contributed by atoms with Crippen molar-refractivity contribution >= 4 is 34.5 Å². The Hall–Kier alpha value is -2.47. The summed E-state index contributed by atoms with van der Waals surface area (Å²) in [4.78, 5) is 24.3.